The van der Waals surface area contributed by atoms with E-state index in [4.69, 9.17) is 0 Å². The summed E-state index contributed by atoms with van der Waals surface area (Å²) in [5.41, 5.74) is 0. The SMILES string of the molecule is CCNC1CCCC1CN(CCC(C)C)CCC(C)C. The normalized spacial score (nSPS) is 23.4. The van der Waals surface area contributed by atoms with E-state index in [1.165, 1.54) is 51.7 Å². The smallest absolute Gasteiger partial charge is 0.0107 e. The third kappa shape index (κ3) is 7.08. The number of hydrogen-bond donors (Lipinski definition) is 1. The summed E-state index contributed by atoms with van der Waals surface area (Å²) in [6.45, 7) is 16.6. The standard InChI is InChI=1S/C18H38N2/c1-6-19-18-9-7-8-17(18)14-20(12-10-15(2)3)13-11-16(4)5/h15-19H,6-14H2,1-5H3. The molecule has 1 N–H and O–H groups in total. The van der Waals surface area contributed by atoms with Crippen molar-refractivity contribution in [1.29, 1.82) is 0 Å². The van der Waals surface area contributed by atoms with Crippen molar-refractivity contribution >= 4 is 0 Å². The van der Waals surface area contributed by atoms with Gasteiger partial charge in [-0.05, 0) is 63.1 Å². The van der Waals surface area contributed by atoms with E-state index in [0.29, 0.717) is 0 Å². The van der Waals surface area contributed by atoms with Gasteiger partial charge in [-0.3, -0.25) is 0 Å². The van der Waals surface area contributed by atoms with Gasteiger partial charge in [0.1, 0.15) is 0 Å². The minimum atomic E-state index is 0.778. The second-order valence-electron chi connectivity index (χ2n) is 7.52. The van der Waals surface area contributed by atoms with Gasteiger partial charge in [-0.1, -0.05) is 41.0 Å². The van der Waals surface area contributed by atoms with Crippen molar-refractivity contribution in [3.05, 3.63) is 0 Å². The fourth-order valence-corrected chi connectivity index (χ4v) is 3.29. The number of nitrogens with one attached hydrogen (secondary N) is 1. The summed E-state index contributed by atoms with van der Waals surface area (Å²) in [5, 5.41) is 3.70. The van der Waals surface area contributed by atoms with Gasteiger partial charge < -0.3 is 10.2 Å². The van der Waals surface area contributed by atoms with Gasteiger partial charge in [-0.15, -0.1) is 0 Å². The molecule has 2 heteroatoms. The van der Waals surface area contributed by atoms with Crippen LogP contribution in [0.4, 0.5) is 0 Å². The summed E-state index contributed by atoms with van der Waals surface area (Å²) in [7, 11) is 0. The topological polar surface area (TPSA) is 15.3 Å². The molecule has 0 heterocycles. The highest BCUT2D eigenvalue weighted by Gasteiger charge is 2.27. The zero-order valence-electron chi connectivity index (χ0n) is 14.6. The van der Waals surface area contributed by atoms with Crippen LogP contribution in [-0.2, 0) is 0 Å². The number of nitrogens with zero attached hydrogens (tertiary/aromatic N) is 1. The lowest BCUT2D eigenvalue weighted by molar-refractivity contribution is 0.195. The Balaban J connectivity index is 2.44. The molecule has 2 atom stereocenters. The Morgan fingerprint density at radius 3 is 2.10 bits per heavy atom. The molecule has 2 unspecified atom stereocenters. The summed E-state index contributed by atoms with van der Waals surface area (Å²) < 4.78 is 0. The van der Waals surface area contributed by atoms with Gasteiger partial charge in [0.25, 0.3) is 0 Å². The third-order valence-corrected chi connectivity index (χ3v) is 4.66. The number of hydrogen-bond acceptors (Lipinski definition) is 2. The van der Waals surface area contributed by atoms with Crippen molar-refractivity contribution in [1.82, 2.24) is 10.2 Å². The molecule has 20 heavy (non-hydrogen) atoms. The summed E-state index contributed by atoms with van der Waals surface area (Å²) in [6, 6.07) is 0.778. The van der Waals surface area contributed by atoms with Gasteiger partial charge in [0.05, 0.1) is 0 Å². The van der Waals surface area contributed by atoms with Crippen LogP contribution in [0.25, 0.3) is 0 Å². The number of rotatable bonds is 10. The molecule has 1 saturated carbocycles. The Kier molecular flexibility index (Phi) is 8.79. The van der Waals surface area contributed by atoms with Gasteiger partial charge in [0, 0.05) is 12.6 Å². The Bertz CT molecular complexity index is 226. The molecular formula is C18H38N2. The maximum atomic E-state index is 3.70. The first-order valence-electron chi connectivity index (χ1n) is 8.98. The first-order valence-corrected chi connectivity index (χ1v) is 8.98. The maximum absolute atomic E-state index is 3.70. The van der Waals surface area contributed by atoms with E-state index >= 15 is 0 Å². The minimum absolute atomic E-state index is 0.778. The first kappa shape index (κ1) is 18.0. The lowest BCUT2D eigenvalue weighted by Crippen LogP contribution is -2.40. The molecule has 0 amide bonds. The van der Waals surface area contributed by atoms with Gasteiger partial charge >= 0.3 is 0 Å². The predicted molar refractivity (Wildman–Crippen MR) is 90.2 cm³/mol. The average Bonchev–Trinajstić information content (AvgIpc) is 2.80. The molecule has 0 aromatic rings. The summed E-state index contributed by atoms with van der Waals surface area (Å²) in [6.07, 6.45) is 6.93. The first-order chi connectivity index (χ1) is 9.52. The van der Waals surface area contributed by atoms with Crippen LogP contribution >= 0.6 is 0 Å². The fraction of sp³-hybridized carbons (Fsp3) is 1.00. The monoisotopic (exact) mass is 282 g/mol. The van der Waals surface area contributed by atoms with Crippen LogP contribution in [0.15, 0.2) is 0 Å². The fourth-order valence-electron chi connectivity index (χ4n) is 3.29. The van der Waals surface area contributed by atoms with Crippen LogP contribution in [0.2, 0.25) is 0 Å². The average molecular weight is 283 g/mol. The molecule has 0 aromatic carbocycles. The molecule has 0 aliphatic heterocycles. The zero-order valence-corrected chi connectivity index (χ0v) is 14.6. The molecule has 1 aliphatic rings. The molecule has 1 aliphatic carbocycles. The van der Waals surface area contributed by atoms with Crippen molar-refractivity contribution in [2.75, 3.05) is 26.2 Å². The summed E-state index contributed by atoms with van der Waals surface area (Å²) in [4.78, 5) is 2.75. The molecule has 0 spiro atoms. The van der Waals surface area contributed by atoms with Gasteiger partial charge in [0.2, 0.25) is 0 Å². The molecule has 120 valence electrons. The Morgan fingerprint density at radius 1 is 1.00 bits per heavy atom. The van der Waals surface area contributed by atoms with Crippen molar-refractivity contribution in [2.45, 2.75) is 72.8 Å². The largest absolute Gasteiger partial charge is 0.314 e. The van der Waals surface area contributed by atoms with Crippen molar-refractivity contribution in [3.63, 3.8) is 0 Å². The van der Waals surface area contributed by atoms with Gasteiger partial charge in [-0.25, -0.2) is 0 Å². The molecule has 1 rings (SSSR count). The molecule has 0 saturated heterocycles. The second-order valence-corrected chi connectivity index (χ2v) is 7.52. The second kappa shape index (κ2) is 9.78. The zero-order chi connectivity index (χ0) is 15.0. The molecule has 0 bridgehead atoms. The van der Waals surface area contributed by atoms with Crippen LogP contribution in [-0.4, -0.2) is 37.1 Å². The Morgan fingerprint density at radius 2 is 1.60 bits per heavy atom. The van der Waals surface area contributed by atoms with E-state index in [1.54, 1.807) is 0 Å². The van der Waals surface area contributed by atoms with E-state index in [2.05, 4.69) is 44.8 Å². The van der Waals surface area contributed by atoms with Crippen LogP contribution in [0.3, 0.4) is 0 Å². The molecule has 0 radical (unpaired) electrons. The van der Waals surface area contributed by atoms with Crippen LogP contribution in [0.5, 0.6) is 0 Å². The lowest BCUT2D eigenvalue weighted by atomic mass is 10.0. The Labute approximate surface area is 127 Å². The van der Waals surface area contributed by atoms with Crippen molar-refractivity contribution in [3.8, 4) is 0 Å². The van der Waals surface area contributed by atoms with E-state index in [1.807, 2.05) is 0 Å². The van der Waals surface area contributed by atoms with Gasteiger partial charge in [-0.2, -0.15) is 0 Å². The lowest BCUT2D eigenvalue weighted by Gasteiger charge is -2.30. The maximum Gasteiger partial charge on any atom is 0.0107 e. The molecule has 0 aromatic heterocycles. The highest BCUT2D eigenvalue weighted by atomic mass is 15.1. The third-order valence-electron chi connectivity index (χ3n) is 4.66. The van der Waals surface area contributed by atoms with E-state index in [-0.39, 0.29) is 0 Å². The quantitative estimate of drug-likeness (QED) is 0.647. The highest BCUT2D eigenvalue weighted by molar-refractivity contribution is 4.85. The predicted octanol–water partition coefficient (Wildman–Crippen LogP) is 4.16. The molecule has 2 nitrogen and oxygen atoms in total. The van der Waals surface area contributed by atoms with Crippen LogP contribution in [0.1, 0.15) is 66.7 Å². The van der Waals surface area contributed by atoms with E-state index in [9.17, 15) is 0 Å². The molecular weight excluding hydrogens is 244 g/mol. The Hall–Kier alpha value is -0.0800. The highest BCUT2D eigenvalue weighted by Crippen LogP contribution is 2.27. The molecule has 1 fully saturated rings. The summed E-state index contributed by atoms with van der Waals surface area (Å²) >= 11 is 0. The summed E-state index contributed by atoms with van der Waals surface area (Å²) in [5.74, 6) is 2.53. The minimum Gasteiger partial charge on any atom is -0.314 e. The van der Waals surface area contributed by atoms with Crippen molar-refractivity contribution < 1.29 is 0 Å². The van der Waals surface area contributed by atoms with Gasteiger partial charge in [0.15, 0.2) is 0 Å². The van der Waals surface area contributed by atoms with Crippen LogP contribution in [0, 0.1) is 17.8 Å². The van der Waals surface area contributed by atoms with Crippen LogP contribution < -0.4 is 5.32 Å². The van der Waals surface area contributed by atoms with E-state index < -0.39 is 0 Å². The van der Waals surface area contributed by atoms with Crippen molar-refractivity contribution in [2.24, 2.45) is 17.8 Å². The van der Waals surface area contributed by atoms with E-state index in [0.717, 1.165) is 30.3 Å².